The van der Waals surface area contributed by atoms with Crippen LogP contribution >= 0.6 is 11.6 Å². The second-order valence-corrected chi connectivity index (χ2v) is 8.39. The lowest BCUT2D eigenvalue weighted by Gasteiger charge is -2.44. The van der Waals surface area contributed by atoms with Crippen LogP contribution in [0.1, 0.15) is 69.1 Å². The number of benzene rings is 1. The zero-order valence-electron chi connectivity index (χ0n) is 16.7. The monoisotopic (exact) mass is 399 g/mol. The van der Waals surface area contributed by atoms with Crippen LogP contribution in [-0.4, -0.2) is 35.5 Å². The molecule has 1 aliphatic heterocycles. The van der Waals surface area contributed by atoms with E-state index in [1.54, 1.807) is 24.8 Å². The van der Waals surface area contributed by atoms with E-state index in [0.29, 0.717) is 55.8 Å². The maximum absolute atomic E-state index is 13.1. The molecule has 0 unspecified atom stereocenters. The van der Waals surface area contributed by atoms with Crippen LogP contribution in [0.15, 0.2) is 12.1 Å². The Kier molecular flexibility index (Phi) is 5.95. The predicted molar refractivity (Wildman–Crippen MR) is 109 cm³/mol. The largest absolute Gasteiger partial charge is 0.343 e. The van der Waals surface area contributed by atoms with Gasteiger partial charge in [-0.1, -0.05) is 24.4 Å². The SMILES string of the molecule is CC#Cc1cc(Cl)c(C2C(=O)CC3(CCN(C(C)=O)CC3)CC2=O)c(CC)c1. The van der Waals surface area contributed by atoms with Crippen LogP contribution in [0.3, 0.4) is 0 Å². The summed E-state index contributed by atoms with van der Waals surface area (Å²) in [5.74, 6) is 5.05. The number of amides is 1. The zero-order chi connectivity index (χ0) is 20.5. The second-order valence-electron chi connectivity index (χ2n) is 7.98. The number of aryl methyl sites for hydroxylation is 1. The first-order valence-corrected chi connectivity index (χ1v) is 10.2. The molecule has 1 aliphatic carbocycles. The maximum atomic E-state index is 13.1. The third-order valence-corrected chi connectivity index (χ3v) is 6.48. The van der Waals surface area contributed by atoms with Crippen molar-refractivity contribution in [2.24, 2.45) is 5.41 Å². The third-order valence-electron chi connectivity index (χ3n) is 6.17. The van der Waals surface area contributed by atoms with E-state index in [1.165, 1.54) is 0 Å². The zero-order valence-corrected chi connectivity index (χ0v) is 17.5. The van der Waals surface area contributed by atoms with Gasteiger partial charge in [0, 0.05) is 43.4 Å². The van der Waals surface area contributed by atoms with E-state index in [-0.39, 0.29) is 22.9 Å². The summed E-state index contributed by atoms with van der Waals surface area (Å²) in [6.07, 6.45) is 2.85. The van der Waals surface area contributed by atoms with Gasteiger partial charge in [0.1, 0.15) is 17.5 Å². The highest BCUT2D eigenvalue weighted by Gasteiger charge is 2.47. The Morgan fingerprint density at radius 2 is 1.82 bits per heavy atom. The van der Waals surface area contributed by atoms with Crippen molar-refractivity contribution in [2.75, 3.05) is 13.1 Å². The van der Waals surface area contributed by atoms with Crippen molar-refractivity contribution < 1.29 is 14.4 Å². The van der Waals surface area contributed by atoms with Crippen molar-refractivity contribution >= 4 is 29.1 Å². The number of nitrogens with zero attached hydrogens (tertiary/aromatic N) is 1. The molecule has 2 fully saturated rings. The number of likely N-dealkylation sites (tertiary alicyclic amines) is 1. The molecule has 0 atom stereocenters. The number of carbonyl (C=O) groups is 3. The molecule has 3 rings (SSSR count). The summed E-state index contributed by atoms with van der Waals surface area (Å²) >= 11 is 6.53. The molecule has 148 valence electrons. The lowest BCUT2D eigenvalue weighted by Crippen LogP contribution is -2.48. The first-order chi connectivity index (χ1) is 13.3. The molecular weight excluding hydrogens is 374 g/mol. The summed E-state index contributed by atoms with van der Waals surface area (Å²) in [5, 5.41) is 0.450. The minimum Gasteiger partial charge on any atom is -0.343 e. The molecule has 0 bridgehead atoms. The number of ketones is 2. The van der Waals surface area contributed by atoms with Crippen LogP contribution in [0.25, 0.3) is 0 Å². The fourth-order valence-corrected chi connectivity index (χ4v) is 5.01. The van der Waals surface area contributed by atoms with Crippen molar-refractivity contribution in [1.82, 2.24) is 4.90 Å². The standard InChI is InChI=1S/C23H26ClNO3/c1-4-6-16-11-17(5-2)21(18(24)12-16)22-19(27)13-23(14-20(22)28)7-9-25(10-8-23)15(3)26/h11-12,22H,5,7-10,13-14H2,1-3H3. The molecule has 1 aromatic carbocycles. The van der Waals surface area contributed by atoms with Gasteiger partial charge in [-0.25, -0.2) is 0 Å². The van der Waals surface area contributed by atoms with Gasteiger partial charge in [0.2, 0.25) is 5.91 Å². The Balaban J connectivity index is 1.88. The van der Waals surface area contributed by atoms with Gasteiger partial charge in [0.25, 0.3) is 0 Å². The van der Waals surface area contributed by atoms with Crippen molar-refractivity contribution in [3.8, 4) is 11.8 Å². The molecule has 1 saturated carbocycles. The fourth-order valence-electron chi connectivity index (χ4n) is 4.66. The van der Waals surface area contributed by atoms with Gasteiger partial charge in [-0.15, -0.1) is 5.92 Å². The molecular formula is C23H26ClNO3. The number of carbonyl (C=O) groups excluding carboxylic acids is 3. The van der Waals surface area contributed by atoms with Gasteiger partial charge < -0.3 is 4.90 Å². The Bertz CT molecular complexity index is 865. The Labute approximate surface area is 171 Å². The number of halogens is 1. The van der Waals surface area contributed by atoms with Gasteiger partial charge in [0.05, 0.1) is 0 Å². The Morgan fingerprint density at radius 3 is 2.32 bits per heavy atom. The number of piperidine rings is 1. The van der Waals surface area contributed by atoms with E-state index in [0.717, 1.165) is 11.1 Å². The van der Waals surface area contributed by atoms with Crippen LogP contribution in [0.5, 0.6) is 0 Å². The minimum absolute atomic E-state index is 0.0431. The molecule has 1 heterocycles. The highest BCUT2D eigenvalue weighted by Crippen LogP contribution is 2.47. The lowest BCUT2D eigenvalue weighted by atomic mass is 9.63. The van der Waals surface area contributed by atoms with Gasteiger partial charge in [-0.3, -0.25) is 14.4 Å². The smallest absolute Gasteiger partial charge is 0.219 e. The number of hydrogen-bond acceptors (Lipinski definition) is 3. The lowest BCUT2D eigenvalue weighted by molar-refractivity contribution is -0.139. The molecule has 1 aromatic rings. The predicted octanol–water partition coefficient (Wildman–Crippen LogP) is 3.92. The second kappa shape index (κ2) is 8.09. The molecule has 2 aliphatic rings. The van der Waals surface area contributed by atoms with Crippen LogP contribution in [0.4, 0.5) is 0 Å². The molecule has 1 saturated heterocycles. The summed E-state index contributed by atoms with van der Waals surface area (Å²) in [6.45, 7) is 6.55. The van der Waals surface area contributed by atoms with Gasteiger partial charge in [-0.2, -0.15) is 0 Å². The van der Waals surface area contributed by atoms with Crippen LogP contribution < -0.4 is 0 Å². The van der Waals surface area contributed by atoms with Crippen LogP contribution in [0.2, 0.25) is 5.02 Å². The molecule has 1 spiro atoms. The summed E-state index contributed by atoms with van der Waals surface area (Å²) in [7, 11) is 0. The first-order valence-electron chi connectivity index (χ1n) is 9.86. The topological polar surface area (TPSA) is 54.5 Å². The maximum Gasteiger partial charge on any atom is 0.219 e. The average Bonchev–Trinajstić information content (AvgIpc) is 2.63. The fraction of sp³-hybridized carbons (Fsp3) is 0.522. The van der Waals surface area contributed by atoms with Crippen molar-refractivity contribution in [2.45, 2.75) is 58.8 Å². The highest BCUT2D eigenvalue weighted by molar-refractivity contribution is 6.32. The average molecular weight is 400 g/mol. The van der Waals surface area contributed by atoms with Crippen LogP contribution in [0, 0.1) is 17.3 Å². The third kappa shape index (κ3) is 3.86. The van der Waals surface area contributed by atoms with Crippen molar-refractivity contribution in [1.29, 1.82) is 0 Å². The molecule has 5 heteroatoms. The molecule has 4 nitrogen and oxygen atoms in total. The van der Waals surface area contributed by atoms with E-state index in [9.17, 15) is 14.4 Å². The molecule has 1 amide bonds. The van der Waals surface area contributed by atoms with Crippen LogP contribution in [-0.2, 0) is 20.8 Å². The van der Waals surface area contributed by atoms with Gasteiger partial charge in [-0.05, 0) is 54.9 Å². The van der Waals surface area contributed by atoms with E-state index in [4.69, 9.17) is 11.6 Å². The Morgan fingerprint density at radius 1 is 1.21 bits per heavy atom. The van der Waals surface area contributed by atoms with Gasteiger partial charge in [0.15, 0.2) is 0 Å². The first kappa shape index (κ1) is 20.6. The van der Waals surface area contributed by atoms with Crippen molar-refractivity contribution in [3.05, 3.63) is 33.8 Å². The van der Waals surface area contributed by atoms with E-state index < -0.39 is 5.92 Å². The summed E-state index contributed by atoms with van der Waals surface area (Å²) in [4.78, 5) is 39.7. The molecule has 0 radical (unpaired) electrons. The summed E-state index contributed by atoms with van der Waals surface area (Å²) in [5.41, 5.74) is 2.08. The normalized spacial score (nSPS) is 19.5. The molecule has 0 aromatic heterocycles. The van der Waals surface area contributed by atoms with E-state index in [2.05, 4.69) is 11.8 Å². The highest BCUT2D eigenvalue weighted by atomic mass is 35.5. The minimum atomic E-state index is -0.775. The number of Topliss-reactive ketones (excluding diaryl/α,β-unsaturated/α-hetero) is 2. The number of hydrogen-bond donors (Lipinski definition) is 0. The quantitative estimate of drug-likeness (QED) is 0.559. The summed E-state index contributed by atoms with van der Waals surface area (Å²) in [6, 6.07) is 3.69. The Hall–Kier alpha value is -2.12. The molecule has 28 heavy (non-hydrogen) atoms. The van der Waals surface area contributed by atoms with Crippen molar-refractivity contribution in [3.63, 3.8) is 0 Å². The molecule has 0 N–H and O–H groups in total. The van der Waals surface area contributed by atoms with E-state index in [1.807, 2.05) is 13.0 Å². The number of rotatable bonds is 2. The van der Waals surface area contributed by atoms with Gasteiger partial charge >= 0.3 is 0 Å². The summed E-state index contributed by atoms with van der Waals surface area (Å²) < 4.78 is 0. The van der Waals surface area contributed by atoms with E-state index >= 15 is 0 Å².